The Balaban J connectivity index is 0.000000257. The molecule has 2 aromatic rings. The Morgan fingerprint density at radius 3 is 1.95 bits per heavy atom. The number of rotatable bonds is 11. The van der Waals surface area contributed by atoms with Gasteiger partial charge in [-0.2, -0.15) is 0 Å². The van der Waals surface area contributed by atoms with Gasteiger partial charge in [-0.05, 0) is 51.2 Å². The predicted octanol–water partition coefficient (Wildman–Crippen LogP) is 5.54. The van der Waals surface area contributed by atoms with Gasteiger partial charge in [-0.15, -0.1) is 0 Å². The number of amides is 2. The molecule has 2 aromatic carbocycles. The molecule has 230 valence electrons. The zero-order valence-electron chi connectivity index (χ0n) is 25.7. The first-order valence-corrected chi connectivity index (χ1v) is 15.1. The number of hydrogen-bond donors (Lipinski definition) is 2. The van der Waals surface area contributed by atoms with Crippen LogP contribution in [-0.2, 0) is 20.8 Å². The van der Waals surface area contributed by atoms with Crippen molar-refractivity contribution in [3.8, 4) is 0 Å². The first-order valence-electron chi connectivity index (χ1n) is 15.1. The molecule has 1 saturated heterocycles. The number of nitrogens with two attached hydrogens (primary N) is 1. The van der Waals surface area contributed by atoms with Crippen LogP contribution < -0.4 is 5.73 Å². The van der Waals surface area contributed by atoms with Gasteiger partial charge in [0.15, 0.2) is 11.6 Å². The van der Waals surface area contributed by atoms with E-state index in [9.17, 15) is 19.2 Å². The quantitative estimate of drug-likeness (QED) is 0.263. The van der Waals surface area contributed by atoms with E-state index in [0.29, 0.717) is 28.7 Å². The normalized spacial score (nSPS) is 16.6. The third-order valence-electron chi connectivity index (χ3n) is 8.41. The molecule has 1 heterocycles. The van der Waals surface area contributed by atoms with E-state index in [2.05, 4.69) is 29.2 Å². The van der Waals surface area contributed by atoms with Gasteiger partial charge in [-0.1, -0.05) is 73.5 Å². The number of hydrogen-bond acceptors (Lipinski definition) is 5. The molecular formula is C35H45N3O5. The highest BCUT2D eigenvalue weighted by Crippen LogP contribution is 2.37. The van der Waals surface area contributed by atoms with E-state index < -0.39 is 5.97 Å². The highest BCUT2D eigenvalue weighted by molar-refractivity contribution is 6.25. The Kier molecular flexibility index (Phi) is 12.9. The van der Waals surface area contributed by atoms with Gasteiger partial charge < -0.3 is 15.7 Å². The number of piperazine rings is 1. The van der Waals surface area contributed by atoms with Crippen LogP contribution in [0.25, 0.3) is 0 Å². The molecule has 0 radical (unpaired) electrons. The number of carboxylic acid groups (broad SMARTS) is 1. The van der Waals surface area contributed by atoms with E-state index in [1.54, 1.807) is 25.7 Å². The number of carbonyl (C=O) groups excluding carboxylic acids is 3. The lowest BCUT2D eigenvalue weighted by molar-refractivity contribution is -0.137. The summed E-state index contributed by atoms with van der Waals surface area (Å²) in [5.41, 5.74) is 9.83. The van der Waals surface area contributed by atoms with Gasteiger partial charge in [0.05, 0.1) is 0 Å². The van der Waals surface area contributed by atoms with Crippen molar-refractivity contribution in [2.45, 2.75) is 65.2 Å². The second-order valence-corrected chi connectivity index (χ2v) is 11.3. The van der Waals surface area contributed by atoms with E-state index in [4.69, 9.17) is 10.8 Å². The maximum atomic E-state index is 12.9. The lowest BCUT2D eigenvalue weighted by atomic mass is 9.76. The van der Waals surface area contributed by atoms with Crippen molar-refractivity contribution in [1.29, 1.82) is 0 Å². The van der Waals surface area contributed by atoms with Gasteiger partial charge in [0.2, 0.25) is 0 Å². The first-order chi connectivity index (χ1) is 20.6. The second-order valence-electron chi connectivity index (χ2n) is 11.3. The van der Waals surface area contributed by atoms with Crippen LogP contribution in [0.4, 0.5) is 4.79 Å². The summed E-state index contributed by atoms with van der Waals surface area (Å²) in [7, 11) is 0. The Labute approximate surface area is 255 Å². The average molecular weight is 588 g/mol. The molecule has 1 aliphatic carbocycles. The number of carbonyl (C=O) groups is 4. The van der Waals surface area contributed by atoms with Crippen molar-refractivity contribution in [3.05, 3.63) is 94.1 Å². The van der Waals surface area contributed by atoms with Crippen molar-refractivity contribution in [1.82, 2.24) is 9.80 Å². The Morgan fingerprint density at radius 1 is 0.791 bits per heavy atom. The summed E-state index contributed by atoms with van der Waals surface area (Å²) in [6.07, 6.45) is 4.18. The van der Waals surface area contributed by atoms with Crippen molar-refractivity contribution >= 4 is 23.6 Å². The average Bonchev–Trinajstić information content (AvgIpc) is 3.02. The topological polar surface area (TPSA) is 121 Å². The van der Waals surface area contributed by atoms with Gasteiger partial charge in [-0.3, -0.25) is 19.3 Å². The summed E-state index contributed by atoms with van der Waals surface area (Å²) >= 11 is 0. The Hall–Kier alpha value is -4.04. The summed E-state index contributed by atoms with van der Waals surface area (Å²) in [5, 5.41) is 8.76. The first kappa shape index (κ1) is 33.5. The SMILES string of the molecule is CC1=C(C)C(=O)C(C(CCCCCC(=O)O)c2ccccc2)=C(C)C1=O.NC(=O)N1CCN(CCc2ccccc2)CC1. The minimum atomic E-state index is -0.785. The van der Waals surface area contributed by atoms with E-state index in [1.165, 1.54) is 5.56 Å². The van der Waals surface area contributed by atoms with Gasteiger partial charge >= 0.3 is 12.0 Å². The number of Topliss-reactive ketones (excluding diaryl/α,β-unsaturated/α-hetero) is 2. The van der Waals surface area contributed by atoms with Crippen LogP contribution in [-0.4, -0.2) is 71.2 Å². The second kappa shape index (κ2) is 16.6. The maximum absolute atomic E-state index is 12.9. The summed E-state index contributed by atoms with van der Waals surface area (Å²) in [5.74, 6) is -1.02. The van der Waals surface area contributed by atoms with Gasteiger partial charge in [-0.25, -0.2) is 4.79 Å². The molecule has 0 bridgehead atoms. The van der Waals surface area contributed by atoms with E-state index in [1.807, 2.05) is 36.4 Å². The van der Waals surface area contributed by atoms with Gasteiger partial charge in [0, 0.05) is 67.4 Å². The Morgan fingerprint density at radius 2 is 1.37 bits per heavy atom. The molecule has 8 nitrogen and oxygen atoms in total. The van der Waals surface area contributed by atoms with Gasteiger partial charge in [0.1, 0.15) is 0 Å². The molecule has 4 rings (SSSR count). The molecule has 0 aromatic heterocycles. The van der Waals surface area contributed by atoms with Crippen LogP contribution in [0.1, 0.15) is 69.9 Å². The van der Waals surface area contributed by atoms with Crippen molar-refractivity contribution in [2.75, 3.05) is 32.7 Å². The van der Waals surface area contributed by atoms with E-state index >= 15 is 0 Å². The molecule has 3 N–H and O–H groups in total. The number of allylic oxidation sites excluding steroid dienone is 4. The number of primary amides is 1. The molecule has 0 spiro atoms. The van der Waals surface area contributed by atoms with Crippen LogP contribution >= 0.6 is 0 Å². The smallest absolute Gasteiger partial charge is 0.314 e. The van der Waals surface area contributed by atoms with Crippen molar-refractivity contribution in [2.24, 2.45) is 5.73 Å². The summed E-state index contributed by atoms with van der Waals surface area (Å²) in [4.78, 5) is 51.2. The molecule has 8 heteroatoms. The highest BCUT2D eigenvalue weighted by atomic mass is 16.4. The van der Waals surface area contributed by atoms with Crippen LogP contribution in [0.3, 0.4) is 0 Å². The number of unbranched alkanes of at least 4 members (excludes halogenated alkanes) is 2. The highest BCUT2D eigenvalue weighted by Gasteiger charge is 2.33. The summed E-state index contributed by atoms with van der Waals surface area (Å²) in [6.45, 7) is 9.58. The van der Waals surface area contributed by atoms with E-state index in [-0.39, 0.29) is 29.9 Å². The number of nitrogens with zero attached hydrogens (tertiary/aromatic N) is 2. The largest absolute Gasteiger partial charge is 0.481 e. The standard InChI is InChI=1S/C22H26O4.C13H19N3O/c1-14-15(2)22(26)20(16(3)21(14)25)18(17-10-6-4-7-11-17)12-8-5-9-13-19(23)24;14-13(17)16-10-8-15(9-11-16)7-6-12-4-2-1-3-5-12/h4,6-7,10-11,18H,5,8-9,12-13H2,1-3H3,(H,23,24);1-5H,6-11H2,(H2,14,17). The van der Waals surface area contributed by atoms with Crippen LogP contribution in [0.2, 0.25) is 0 Å². The molecule has 2 amide bonds. The fourth-order valence-corrected chi connectivity index (χ4v) is 5.62. The van der Waals surface area contributed by atoms with Gasteiger partial charge in [0.25, 0.3) is 0 Å². The lowest BCUT2D eigenvalue weighted by Gasteiger charge is -2.33. The van der Waals surface area contributed by atoms with Crippen molar-refractivity contribution < 1.29 is 24.3 Å². The number of urea groups is 1. The zero-order valence-corrected chi connectivity index (χ0v) is 25.7. The molecule has 1 atom stereocenters. The minimum absolute atomic E-state index is 0.0426. The Bertz CT molecular complexity index is 1330. The predicted molar refractivity (Wildman–Crippen MR) is 169 cm³/mol. The molecular weight excluding hydrogens is 542 g/mol. The fourth-order valence-electron chi connectivity index (χ4n) is 5.62. The number of ketones is 2. The molecule has 1 unspecified atom stereocenters. The molecule has 1 aliphatic heterocycles. The molecule has 43 heavy (non-hydrogen) atoms. The molecule has 0 saturated carbocycles. The minimum Gasteiger partial charge on any atom is -0.481 e. The third-order valence-corrected chi connectivity index (χ3v) is 8.41. The zero-order chi connectivity index (χ0) is 31.4. The van der Waals surface area contributed by atoms with Crippen LogP contribution in [0.5, 0.6) is 0 Å². The fraction of sp³-hybridized carbons (Fsp3) is 0.429. The van der Waals surface area contributed by atoms with Crippen LogP contribution in [0.15, 0.2) is 83.0 Å². The third kappa shape index (κ3) is 9.75. The monoisotopic (exact) mass is 587 g/mol. The van der Waals surface area contributed by atoms with Crippen LogP contribution in [0, 0.1) is 0 Å². The summed E-state index contributed by atoms with van der Waals surface area (Å²) in [6, 6.07) is 20.0. The lowest BCUT2D eigenvalue weighted by Crippen LogP contribution is -2.50. The molecule has 1 fully saturated rings. The van der Waals surface area contributed by atoms with Crippen molar-refractivity contribution in [3.63, 3.8) is 0 Å². The van der Waals surface area contributed by atoms with E-state index in [0.717, 1.165) is 64.0 Å². The number of aliphatic carboxylic acids is 1. The molecule has 2 aliphatic rings. The maximum Gasteiger partial charge on any atom is 0.314 e. The summed E-state index contributed by atoms with van der Waals surface area (Å²) < 4.78 is 0. The number of benzene rings is 2. The number of carboxylic acids is 1.